The summed E-state index contributed by atoms with van der Waals surface area (Å²) in [6.45, 7) is 3.54. The van der Waals surface area contributed by atoms with Crippen molar-refractivity contribution in [2.75, 3.05) is 11.9 Å². The fourth-order valence-electron chi connectivity index (χ4n) is 3.39. The molecule has 128 valence electrons. The van der Waals surface area contributed by atoms with Gasteiger partial charge in [0.15, 0.2) is 11.7 Å². The lowest BCUT2D eigenvalue weighted by Gasteiger charge is -2.10. The van der Waals surface area contributed by atoms with Gasteiger partial charge in [0.1, 0.15) is 11.7 Å². The maximum atomic E-state index is 4.54. The molecule has 0 fully saturated rings. The van der Waals surface area contributed by atoms with Crippen molar-refractivity contribution >= 4 is 23.1 Å². The number of amidine groups is 1. The molecule has 0 aliphatic carbocycles. The standard InChI is InChI=1S/C19H17N7/c1-11-5-13(21-8-11)7-16-15-6-14(10-23-18(15)26-25-16)24-19-17-12(9-22-19)3-2-4-20-17/h2-6,10,16H,7-9H2,1H3,(H,22,24). The number of nitrogens with one attached hydrogen (secondary N) is 1. The van der Waals surface area contributed by atoms with Gasteiger partial charge in [-0.15, -0.1) is 5.11 Å². The van der Waals surface area contributed by atoms with Crippen LogP contribution in [-0.2, 0) is 6.54 Å². The number of aliphatic imine (C=N–C) groups is 2. The topological polar surface area (TPSA) is 87.2 Å². The van der Waals surface area contributed by atoms with Crippen molar-refractivity contribution in [2.24, 2.45) is 20.2 Å². The Hall–Kier alpha value is -3.22. The number of hydrogen-bond donors (Lipinski definition) is 1. The highest BCUT2D eigenvalue weighted by Crippen LogP contribution is 2.38. The lowest BCUT2D eigenvalue weighted by Crippen LogP contribution is -2.13. The number of nitrogens with zero attached hydrogens (tertiary/aromatic N) is 6. The van der Waals surface area contributed by atoms with E-state index in [1.54, 1.807) is 12.4 Å². The number of pyridine rings is 2. The molecule has 3 aliphatic heterocycles. The van der Waals surface area contributed by atoms with Crippen LogP contribution in [0.3, 0.4) is 0 Å². The minimum Gasteiger partial charge on any atom is -0.337 e. The van der Waals surface area contributed by atoms with Crippen LogP contribution in [0.1, 0.15) is 36.2 Å². The van der Waals surface area contributed by atoms with E-state index in [1.165, 1.54) is 5.57 Å². The largest absolute Gasteiger partial charge is 0.337 e. The molecule has 1 N–H and O–H groups in total. The maximum absolute atomic E-state index is 4.54. The van der Waals surface area contributed by atoms with E-state index < -0.39 is 0 Å². The van der Waals surface area contributed by atoms with Gasteiger partial charge in [-0.25, -0.2) is 4.98 Å². The quantitative estimate of drug-likeness (QED) is 0.920. The first-order valence-corrected chi connectivity index (χ1v) is 8.63. The van der Waals surface area contributed by atoms with Gasteiger partial charge < -0.3 is 5.32 Å². The molecule has 0 radical (unpaired) electrons. The Morgan fingerprint density at radius 3 is 3.04 bits per heavy atom. The molecule has 1 atom stereocenters. The third-order valence-corrected chi connectivity index (χ3v) is 4.68. The molecule has 0 saturated heterocycles. The second-order valence-corrected chi connectivity index (χ2v) is 6.67. The molecular weight excluding hydrogens is 326 g/mol. The van der Waals surface area contributed by atoms with Gasteiger partial charge in [-0.2, -0.15) is 5.11 Å². The first-order valence-electron chi connectivity index (χ1n) is 8.63. The normalized spacial score (nSPS) is 19.7. The third-order valence-electron chi connectivity index (χ3n) is 4.68. The van der Waals surface area contributed by atoms with Crippen molar-refractivity contribution in [1.82, 2.24) is 9.97 Å². The summed E-state index contributed by atoms with van der Waals surface area (Å²) < 4.78 is 0. The summed E-state index contributed by atoms with van der Waals surface area (Å²) in [6, 6.07) is 6.01. The van der Waals surface area contributed by atoms with Crippen LogP contribution >= 0.6 is 0 Å². The summed E-state index contributed by atoms with van der Waals surface area (Å²) in [5.74, 6) is 1.47. The molecule has 7 nitrogen and oxygen atoms in total. The molecular formula is C19H17N7. The highest BCUT2D eigenvalue weighted by Gasteiger charge is 2.25. The number of hydrogen-bond acceptors (Lipinski definition) is 7. The van der Waals surface area contributed by atoms with Gasteiger partial charge in [-0.3, -0.25) is 15.0 Å². The molecule has 5 rings (SSSR count). The van der Waals surface area contributed by atoms with Crippen molar-refractivity contribution in [1.29, 1.82) is 0 Å². The molecule has 0 saturated carbocycles. The molecule has 2 aromatic rings. The summed E-state index contributed by atoms with van der Waals surface area (Å²) in [5.41, 5.74) is 6.30. The molecule has 7 heteroatoms. The van der Waals surface area contributed by atoms with Gasteiger partial charge in [-0.1, -0.05) is 11.6 Å². The molecule has 1 unspecified atom stereocenters. The Kier molecular flexibility index (Phi) is 3.44. The number of anilines is 1. The fraction of sp³-hybridized carbons (Fsp3) is 0.263. The van der Waals surface area contributed by atoms with Gasteiger partial charge in [0.05, 0.1) is 25.0 Å². The van der Waals surface area contributed by atoms with Crippen LogP contribution in [0.4, 0.5) is 11.5 Å². The van der Waals surface area contributed by atoms with E-state index in [1.807, 2.05) is 12.1 Å². The van der Waals surface area contributed by atoms with Crippen LogP contribution < -0.4 is 5.32 Å². The highest BCUT2D eigenvalue weighted by molar-refractivity contribution is 6.09. The monoisotopic (exact) mass is 343 g/mol. The van der Waals surface area contributed by atoms with Crippen LogP contribution in [0.5, 0.6) is 0 Å². The molecule has 5 heterocycles. The van der Waals surface area contributed by atoms with Gasteiger partial charge >= 0.3 is 0 Å². The smallest absolute Gasteiger partial charge is 0.179 e. The minimum absolute atomic E-state index is 0.0314. The summed E-state index contributed by atoms with van der Waals surface area (Å²) in [5, 5.41) is 11.9. The summed E-state index contributed by atoms with van der Waals surface area (Å²) in [4.78, 5) is 18.0. The second kappa shape index (κ2) is 5.94. The molecule has 2 aromatic heterocycles. The second-order valence-electron chi connectivity index (χ2n) is 6.67. The van der Waals surface area contributed by atoms with E-state index in [2.05, 4.69) is 54.6 Å². The van der Waals surface area contributed by atoms with Crippen LogP contribution in [0, 0.1) is 0 Å². The van der Waals surface area contributed by atoms with Crippen molar-refractivity contribution < 1.29 is 0 Å². The maximum Gasteiger partial charge on any atom is 0.179 e. The Balaban J connectivity index is 1.38. The van der Waals surface area contributed by atoms with Crippen LogP contribution in [0.25, 0.3) is 0 Å². The lowest BCUT2D eigenvalue weighted by atomic mass is 10.0. The first kappa shape index (κ1) is 15.1. The summed E-state index contributed by atoms with van der Waals surface area (Å²) >= 11 is 0. The zero-order valence-corrected chi connectivity index (χ0v) is 14.3. The average Bonchev–Trinajstić information content (AvgIpc) is 3.36. The van der Waals surface area contributed by atoms with Crippen molar-refractivity contribution in [3.8, 4) is 0 Å². The molecule has 0 amide bonds. The van der Waals surface area contributed by atoms with Crippen molar-refractivity contribution in [3.63, 3.8) is 0 Å². The van der Waals surface area contributed by atoms with Gasteiger partial charge in [0.25, 0.3) is 0 Å². The van der Waals surface area contributed by atoms with Crippen LogP contribution in [0.15, 0.2) is 62.5 Å². The number of rotatable bonds is 3. The van der Waals surface area contributed by atoms with Gasteiger partial charge in [-0.05, 0) is 25.1 Å². The third kappa shape index (κ3) is 2.61. The van der Waals surface area contributed by atoms with E-state index in [4.69, 9.17) is 0 Å². The van der Waals surface area contributed by atoms with Crippen molar-refractivity contribution in [2.45, 2.75) is 25.9 Å². The zero-order chi connectivity index (χ0) is 17.5. The predicted octanol–water partition coefficient (Wildman–Crippen LogP) is 3.78. The molecule has 0 spiro atoms. The Labute approximate surface area is 150 Å². The average molecular weight is 343 g/mol. The number of allylic oxidation sites excluding steroid dienone is 1. The first-order chi connectivity index (χ1) is 12.8. The van der Waals surface area contributed by atoms with E-state index in [-0.39, 0.29) is 6.04 Å². The zero-order valence-electron chi connectivity index (χ0n) is 14.3. The number of aromatic nitrogens is 2. The Bertz CT molecular complexity index is 1020. The van der Waals surface area contributed by atoms with Gasteiger partial charge in [0, 0.05) is 29.5 Å². The number of fused-ring (bicyclic) bond motifs is 2. The SMILES string of the molecule is CC1=CC(CC2N=Nc3ncc(NC4=NCc5cccnc54)cc32)=NC1. The molecule has 26 heavy (non-hydrogen) atoms. The fourth-order valence-corrected chi connectivity index (χ4v) is 3.39. The minimum atomic E-state index is -0.0314. The van der Waals surface area contributed by atoms with Crippen LogP contribution in [0.2, 0.25) is 0 Å². The van der Waals surface area contributed by atoms with Crippen molar-refractivity contribution in [3.05, 3.63) is 59.1 Å². The van der Waals surface area contributed by atoms with E-state index in [0.717, 1.165) is 47.0 Å². The van der Waals surface area contributed by atoms with Crippen LogP contribution in [-0.4, -0.2) is 28.1 Å². The summed E-state index contributed by atoms with van der Waals surface area (Å²) in [6.07, 6.45) is 6.44. The lowest BCUT2D eigenvalue weighted by molar-refractivity contribution is 0.759. The van der Waals surface area contributed by atoms with E-state index in [9.17, 15) is 0 Å². The van der Waals surface area contributed by atoms with E-state index in [0.29, 0.717) is 12.4 Å². The molecule has 0 bridgehead atoms. The number of azo groups is 1. The highest BCUT2D eigenvalue weighted by atomic mass is 15.2. The van der Waals surface area contributed by atoms with E-state index >= 15 is 0 Å². The Morgan fingerprint density at radius 2 is 2.15 bits per heavy atom. The predicted molar refractivity (Wildman–Crippen MR) is 100 cm³/mol. The molecule has 3 aliphatic rings. The Morgan fingerprint density at radius 1 is 1.19 bits per heavy atom. The summed E-state index contributed by atoms with van der Waals surface area (Å²) in [7, 11) is 0. The van der Waals surface area contributed by atoms with Gasteiger partial charge in [0.2, 0.25) is 0 Å². The molecule has 0 aromatic carbocycles.